The van der Waals surface area contributed by atoms with E-state index in [0.29, 0.717) is 24.1 Å². The minimum atomic E-state index is -0.266. The normalized spacial score (nSPS) is 10.3. The van der Waals surface area contributed by atoms with E-state index in [1.807, 2.05) is 0 Å². The Balaban J connectivity index is 1.88. The molecule has 104 valence electrons. The summed E-state index contributed by atoms with van der Waals surface area (Å²) >= 11 is 0. The van der Waals surface area contributed by atoms with Crippen LogP contribution in [0, 0.1) is 12.7 Å². The second-order valence-corrected chi connectivity index (χ2v) is 4.63. The molecular formula is C16H16FNO2. The number of aryl methyl sites for hydroxylation is 1. The molecule has 0 atom stereocenters. The van der Waals surface area contributed by atoms with Crippen molar-refractivity contribution in [1.82, 2.24) is 5.32 Å². The number of nitrogens with one attached hydrogen (secondary N) is 1. The molecule has 0 radical (unpaired) electrons. The molecule has 0 heterocycles. The Labute approximate surface area is 117 Å². The monoisotopic (exact) mass is 273 g/mol. The maximum absolute atomic E-state index is 12.7. The summed E-state index contributed by atoms with van der Waals surface area (Å²) in [7, 11) is 0. The highest BCUT2D eigenvalue weighted by atomic mass is 19.1. The zero-order chi connectivity index (χ0) is 14.5. The highest BCUT2D eigenvalue weighted by Crippen LogP contribution is 2.16. The van der Waals surface area contributed by atoms with E-state index >= 15 is 0 Å². The molecule has 0 spiro atoms. The van der Waals surface area contributed by atoms with Crippen molar-refractivity contribution in [1.29, 1.82) is 0 Å². The molecule has 0 bridgehead atoms. The Bertz CT molecular complexity index is 608. The minimum Gasteiger partial charge on any atom is -0.508 e. The molecule has 0 unspecified atom stereocenters. The van der Waals surface area contributed by atoms with E-state index in [1.165, 1.54) is 18.2 Å². The Morgan fingerprint density at radius 3 is 2.55 bits per heavy atom. The van der Waals surface area contributed by atoms with Gasteiger partial charge in [-0.1, -0.05) is 12.1 Å². The van der Waals surface area contributed by atoms with Gasteiger partial charge in [-0.15, -0.1) is 0 Å². The quantitative estimate of drug-likeness (QED) is 0.900. The van der Waals surface area contributed by atoms with Crippen LogP contribution in [0.5, 0.6) is 5.75 Å². The molecule has 0 fully saturated rings. The predicted octanol–water partition coefficient (Wildman–Crippen LogP) is 2.81. The van der Waals surface area contributed by atoms with E-state index in [2.05, 4.69) is 5.32 Å². The number of carbonyl (C=O) groups is 1. The third-order valence-corrected chi connectivity index (χ3v) is 3.07. The largest absolute Gasteiger partial charge is 0.508 e. The van der Waals surface area contributed by atoms with Crippen molar-refractivity contribution in [3.05, 3.63) is 65.0 Å². The summed E-state index contributed by atoms with van der Waals surface area (Å²) < 4.78 is 12.7. The van der Waals surface area contributed by atoms with Gasteiger partial charge in [0.2, 0.25) is 0 Å². The van der Waals surface area contributed by atoms with Crippen LogP contribution < -0.4 is 5.32 Å². The number of rotatable bonds is 4. The Hall–Kier alpha value is -2.36. The van der Waals surface area contributed by atoms with Crippen LogP contribution in [0.15, 0.2) is 42.5 Å². The van der Waals surface area contributed by atoms with E-state index in [9.17, 15) is 14.3 Å². The van der Waals surface area contributed by atoms with Gasteiger partial charge in [0.1, 0.15) is 11.6 Å². The molecule has 3 nitrogen and oxygen atoms in total. The third-order valence-electron chi connectivity index (χ3n) is 3.07. The van der Waals surface area contributed by atoms with Crippen molar-refractivity contribution in [3.63, 3.8) is 0 Å². The lowest BCUT2D eigenvalue weighted by Gasteiger charge is -2.07. The lowest BCUT2D eigenvalue weighted by Crippen LogP contribution is -2.25. The Morgan fingerprint density at radius 2 is 1.90 bits per heavy atom. The number of hydrogen-bond acceptors (Lipinski definition) is 2. The minimum absolute atomic E-state index is 0.174. The van der Waals surface area contributed by atoms with Crippen LogP contribution in [0.2, 0.25) is 0 Å². The number of halogens is 1. The van der Waals surface area contributed by atoms with E-state index in [0.717, 1.165) is 5.56 Å². The van der Waals surface area contributed by atoms with Gasteiger partial charge in [-0.3, -0.25) is 4.79 Å². The molecule has 4 heteroatoms. The molecule has 1 amide bonds. The van der Waals surface area contributed by atoms with Crippen molar-refractivity contribution in [2.24, 2.45) is 0 Å². The first-order valence-corrected chi connectivity index (χ1v) is 6.38. The van der Waals surface area contributed by atoms with Crippen molar-refractivity contribution >= 4 is 5.91 Å². The Kier molecular flexibility index (Phi) is 4.35. The lowest BCUT2D eigenvalue weighted by atomic mass is 10.1. The first kappa shape index (κ1) is 14.1. The molecule has 2 aromatic carbocycles. The molecule has 0 saturated heterocycles. The summed E-state index contributed by atoms with van der Waals surface area (Å²) in [5.41, 5.74) is 2.14. The summed E-state index contributed by atoms with van der Waals surface area (Å²) in [5, 5.41) is 12.2. The molecule has 0 saturated carbocycles. The maximum Gasteiger partial charge on any atom is 0.251 e. The van der Waals surface area contributed by atoms with Crippen LogP contribution in [-0.2, 0) is 6.42 Å². The zero-order valence-corrected chi connectivity index (χ0v) is 11.2. The molecule has 0 aliphatic heterocycles. The maximum atomic E-state index is 12.7. The molecule has 2 aromatic rings. The van der Waals surface area contributed by atoms with E-state index < -0.39 is 0 Å². The topological polar surface area (TPSA) is 49.3 Å². The van der Waals surface area contributed by atoms with Crippen molar-refractivity contribution < 1.29 is 14.3 Å². The second-order valence-electron chi connectivity index (χ2n) is 4.63. The fourth-order valence-electron chi connectivity index (χ4n) is 1.87. The van der Waals surface area contributed by atoms with Gasteiger partial charge in [-0.25, -0.2) is 4.39 Å². The van der Waals surface area contributed by atoms with E-state index in [1.54, 1.807) is 31.2 Å². The fourth-order valence-corrected chi connectivity index (χ4v) is 1.87. The molecule has 20 heavy (non-hydrogen) atoms. The molecule has 0 aromatic heterocycles. The van der Waals surface area contributed by atoms with Gasteiger partial charge < -0.3 is 10.4 Å². The summed E-state index contributed by atoms with van der Waals surface area (Å²) in [4.78, 5) is 11.9. The van der Waals surface area contributed by atoms with Gasteiger partial charge >= 0.3 is 0 Å². The van der Waals surface area contributed by atoms with Crippen LogP contribution in [0.4, 0.5) is 4.39 Å². The van der Waals surface area contributed by atoms with Crippen molar-refractivity contribution in [2.75, 3.05) is 6.54 Å². The number of benzene rings is 2. The summed E-state index contributed by atoms with van der Waals surface area (Å²) in [6.07, 6.45) is 0.642. The number of carbonyl (C=O) groups excluding carboxylic acids is 1. The van der Waals surface area contributed by atoms with Crippen LogP contribution in [0.1, 0.15) is 21.5 Å². The number of aromatic hydroxyl groups is 1. The van der Waals surface area contributed by atoms with Crippen LogP contribution >= 0.6 is 0 Å². The van der Waals surface area contributed by atoms with E-state index in [-0.39, 0.29) is 17.5 Å². The number of amides is 1. The summed E-state index contributed by atoms with van der Waals surface area (Å²) in [5.74, 6) is -0.277. The molecule has 2 rings (SSSR count). The van der Waals surface area contributed by atoms with Gasteiger partial charge in [0.05, 0.1) is 0 Å². The van der Waals surface area contributed by atoms with Crippen molar-refractivity contribution in [3.8, 4) is 5.75 Å². The van der Waals surface area contributed by atoms with Crippen LogP contribution in [-0.4, -0.2) is 17.6 Å². The van der Waals surface area contributed by atoms with Crippen LogP contribution in [0.3, 0.4) is 0 Å². The average molecular weight is 273 g/mol. The van der Waals surface area contributed by atoms with Gasteiger partial charge in [0.15, 0.2) is 0 Å². The highest BCUT2D eigenvalue weighted by molar-refractivity contribution is 5.94. The average Bonchev–Trinajstić information content (AvgIpc) is 2.44. The van der Waals surface area contributed by atoms with E-state index in [4.69, 9.17) is 0 Å². The SMILES string of the molecule is Cc1cc(C(=O)NCCc2ccc(F)cc2)ccc1O. The summed E-state index contributed by atoms with van der Waals surface area (Å²) in [6.45, 7) is 2.22. The van der Waals surface area contributed by atoms with Gasteiger partial charge in [0, 0.05) is 12.1 Å². The fraction of sp³-hybridized carbons (Fsp3) is 0.188. The first-order valence-electron chi connectivity index (χ1n) is 6.38. The molecule has 0 aliphatic carbocycles. The molecular weight excluding hydrogens is 257 g/mol. The summed E-state index contributed by atoms with van der Waals surface area (Å²) in [6, 6.07) is 10.9. The smallest absolute Gasteiger partial charge is 0.251 e. The number of hydrogen-bond donors (Lipinski definition) is 2. The lowest BCUT2D eigenvalue weighted by molar-refractivity contribution is 0.0954. The standard InChI is InChI=1S/C16H16FNO2/c1-11-10-13(4-7-15(11)19)16(20)18-9-8-12-2-5-14(17)6-3-12/h2-7,10,19H,8-9H2,1H3,(H,18,20). The number of phenolic OH excluding ortho intramolecular Hbond substituents is 1. The van der Waals surface area contributed by atoms with Gasteiger partial charge in [-0.2, -0.15) is 0 Å². The van der Waals surface area contributed by atoms with Gasteiger partial charge in [0.25, 0.3) is 5.91 Å². The predicted molar refractivity (Wildman–Crippen MR) is 75.3 cm³/mol. The van der Waals surface area contributed by atoms with Crippen molar-refractivity contribution in [2.45, 2.75) is 13.3 Å². The molecule has 2 N–H and O–H groups in total. The highest BCUT2D eigenvalue weighted by Gasteiger charge is 2.06. The molecule has 0 aliphatic rings. The van der Waals surface area contributed by atoms with Crippen LogP contribution in [0.25, 0.3) is 0 Å². The van der Waals surface area contributed by atoms with Gasteiger partial charge in [-0.05, 0) is 54.8 Å². The zero-order valence-electron chi connectivity index (χ0n) is 11.2. The first-order chi connectivity index (χ1) is 9.56. The number of phenols is 1. The Morgan fingerprint density at radius 1 is 1.20 bits per heavy atom. The second kappa shape index (κ2) is 6.19. The third kappa shape index (κ3) is 3.57.